The van der Waals surface area contributed by atoms with Crippen LogP contribution in [-0.2, 0) is 18.0 Å². The molecule has 0 radical (unpaired) electrons. The van der Waals surface area contributed by atoms with E-state index in [4.69, 9.17) is 4.74 Å². The lowest BCUT2D eigenvalue weighted by atomic mass is 9.84. The molecule has 0 saturated carbocycles. The normalized spacial score (nSPS) is 13.4. The predicted octanol–water partition coefficient (Wildman–Crippen LogP) is 6.02. The highest BCUT2D eigenvalue weighted by atomic mass is 79.9. The van der Waals surface area contributed by atoms with Gasteiger partial charge in [0.15, 0.2) is 0 Å². The first-order chi connectivity index (χ1) is 12.8. The van der Waals surface area contributed by atoms with Crippen molar-refractivity contribution in [2.24, 2.45) is 0 Å². The van der Waals surface area contributed by atoms with Crippen LogP contribution < -0.4 is 0 Å². The molecule has 0 saturated heterocycles. The second-order valence-electron chi connectivity index (χ2n) is 7.83. The zero-order chi connectivity index (χ0) is 19.9. The van der Waals surface area contributed by atoms with E-state index in [2.05, 4.69) is 63.5 Å². The number of carbonyl (C=O) groups excluding carboxylic acids is 1. The minimum atomic E-state index is 0.0982. The highest BCUT2D eigenvalue weighted by molar-refractivity contribution is 9.10. The van der Waals surface area contributed by atoms with Gasteiger partial charge in [-0.25, -0.2) is 0 Å². The van der Waals surface area contributed by atoms with Crippen molar-refractivity contribution in [2.75, 3.05) is 0 Å². The molecule has 1 aliphatic heterocycles. The van der Waals surface area contributed by atoms with Gasteiger partial charge in [-0.15, -0.1) is 0 Å². The molecule has 0 N–H and O–H groups in total. The van der Waals surface area contributed by atoms with Gasteiger partial charge in [0.25, 0.3) is 5.91 Å². The van der Waals surface area contributed by atoms with Gasteiger partial charge in [-0.2, -0.15) is 0 Å². The zero-order valence-electron chi connectivity index (χ0n) is 17.0. The van der Waals surface area contributed by atoms with Crippen LogP contribution in [0.1, 0.15) is 60.3 Å². The number of carbonyl (C=O) groups is 1. The summed E-state index contributed by atoms with van der Waals surface area (Å²) in [6.07, 6.45) is 0. The first kappa shape index (κ1) is 20.1. The van der Waals surface area contributed by atoms with E-state index in [0.29, 0.717) is 13.2 Å². The Kier molecular flexibility index (Phi) is 5.78. The van der Waals surface area contributed by atoms with Gasteiger partial charge in [0, 0.05) is 16.6 Å². The zero-order valence-corrected chi connectivity index (χ0v) is 18.6. The van der Waals surface area contributed by atoms with Crippen molar-refractivity contribution in [1.29, 1.82) is 0 Å². The number of nitrogens with zero attached hydrogens (tertiary/aromatic N) is 1. The van der Waals surface area contributed by atoms with Crippen LogP contribution in [0.3, 0.4) is 0 Å². The van der Waals surface area contributed by atoms with Crippen LogP contribution in [0, 0.1) is 13.8 Å². The van der Waals surface area contributed by atoms with E-state index in [1.807, 2.05) is 23.1 Å². The molecule has 27 heavy (non-hydrogen) atoms. The number of benzene rings is 2. The maximum atomic E-state index is 13.8. The van der Waals surface area contributed by atoms with Gasteiger partial charge >= 0.3 is 0 Å². The van der Waals surface area contributed by atoms with Gasteiger partial charge in [-0.3, -0.25) is 4.79 Å². The van der Waals surface area contributed by atoms with E-state index in [0.717, 1.165) is 32.3 Å². The molecular formula is C23H28BrNO2. The Bertz CT molecular complexity index is 878. The fourth-order valence-corrected chi connectivity index (χ4v) is 4.72. The van der Waals surface area contributed by atoms with Gasteiger partial charge in [0.1, 0.15) is 0 Å². The molecule has 3 rings (SSSR count). The Morgan fingerprint density at radius 3 is 2.11 bits per heavy atom. The maximum absolute atomic E-state index is 13.8. The standard InChI is InChI=1S/C23H28BrNO2/c1-13(2)25(14(3)4)23(26)22-16(6)19-12-27-11-18(19)15(5)21(22)17-9-7-8-10-20(17)24/h7-10,13-14H,11-12H2,1-6H3. The van der Waals surface area contributed by atoms with E-state index in [9.17, 15) is 4.79 Å². The van der Waals surface area contributed by atoms with Crippen LogP contribution in [-0.4, -0.2) is 22.9 Å². The monoisotopic (exact) mass is 429 g/mol. The van der Waals surface area contributed by atoms with Crippen LogP contribution in [0.4, 0.5) is 0 Å². The van der Waals surface area contributed by atoms with Crippen molar-refractivity contribution in [3.8, 4) is 11.1 Å². The van der Waals surface area contributed by atoms with Crippen molar-refractivity contribution in [3.05, 3.63) is 56.6 Å². The van der Waals surface area contributed by atoms with Gasteiger partial charge in [0.2, 0.25) is 0 Å². The Labute approximate surface area is 170 Å². The SMILES string of the molecule is Cc1c2c(c(C)c(-c3ccccc3Br)c1C(=O)N(C(C)C)C(C)C)COC2. The molecule has 1 heterocycles. The molecule has 2 aromatic rings. The van der Waals surface area contributed by atoms with Gasteiger partial charge in [-0.1, -0.05) is 34.1 Å². The van der Waals surface area contributed by atoms with E-state index < -0.39 is 0 Å². The third-order valence-electron chi connectivity index (χ3n) is 5.47. The molecule has 0 aromatic heterocycles. The third-order valence-corrected chi connectivity index (χ3v) is 6.16. The smallest absolute Gasteiger partial charge is 0.255 e. The molecular weight excluding hydrogens is 402 g/mol. The summed E-state index contributed by atoms with van der Waals surface area (Å²) >= 11 is 3.69. The van der Waals surface area contributed by atoms with Gasteiger partial charge in [-0.05, 0) is 81.0 Å². The summed E-state index contributed by atoms with van der Waals surface area (Å²) in [7, 11) is 0. The molecule has 4 heteroatoms. The Morgan fingerprint density at radius 2 is 1.56 bits per heavy atom. The second-order valence-corrected chi connectivity index (χ2v) is 8.68. The Balaban J connectivity index is 2.35. The average Bonchev–Trinajstić information content (AvgIpc) is 3.08. The predicted molar refractivity (Wildman–Crippen MR) is 114 cm³/mol. The van der Waals surface area contributed by atoms with E-state index in [1.54, 1.807) is 0 Å². The summed E-state index contributed by atoms with van der Waals surface area (Å²) in [6.45, 7) is 13.7. The molecule has 1 aliphatic rings. The molecule has 0 spiro atoms. The molecule has 0 atom stereocenters. The van der Waals surface area contributed by atoms with E-state index >= 15 is 0 Å². The minimum absolute atomic E-state index is 0.0982. The number of rotatable bonds is 4. The summed E-state index contributed by atoms with van der Waals surface area (Å²) in [5.74, 6) is 0.0982. The van der Waals surface area contributed by atoms with Crippen molar-refractivity contribution in [3.63, 3.8) is 0 Å². The first-order valence-electron chi connectivity index (χ1n) is 9.55. The minimum Gasteiger partial charge on any atom is -0.372 e. The van der Waals surface area contributed by atoms with Crippen LogP contribution in [0.15, 0.2) is 28.7 Å². The van der Waals surface area contributed by atoms with Crippen LogP contribution in [0.5, 0.6) is 0 Å². The number of hydrogen-bond donors (Lipinski definition) is 0. The summed E-state index contributed by atoms with van der Waals surface area (Å²) in [5, 5.41) is 0. The molecule has 1 amide bonds. The topological polar surface area (TPSA) is 29.5 Å². The van der Waals surface area contributed by atoms with Crippen molar-refractivity contribution in [1.82, 2.24) is 4.90 Å². The average molecular weight is 430 g/mol. The van der Waals surface area contributed by atoms with Gasteiger partial charge in [0.05, 0.1) is 18.8 Å². The quantitative estimate of drug-likeness (QED) is 0.594. The number of amides is 1. The lowest BCUT2D eigenvalue weighted by Gasteiger charge is -2.33. The maximum Gasteiger partial charge on any atom is 0.255 e. The first-order valence-corrected chi connectivity index (χ1v) is 10.3. The van der Waals surface area contributed by atoms with Crippen molar-refractivity contribution in [2.45, 2.75) is 66.8 Å². The van der Waals surface area contributed by atoms with Crippen molar-refractivity contribution >= 4 is 21.8 Å². The highest BCUT2D eigenvalue weighted by Crippen LogP contribution is 2.41. The summed E-state index contributed by atoms with van der Waals surface area (Å²) < 4.78 is 6.75. The van der Waals surface area contributed by atoms with Crippen LogP contribution in [0.25, 0.3) is 11.1 Å². The number of halogens is 1. The summed E-state index contributed by atoms with van der Waals surface area (Å²) in [6, 6.07) is 8.41. The lowest BCUT2D eigenvalue weighted by molar-refractivity contribution is 0.0643. The van der Waals surface area contributed by atoms with E-state index in [1.165, 1.54) is 11.1 Å². The van der Waals surface area contributed by atoms with Crippen LogP contribution in [0.2, 0.25) is 0 Å². The Morgan fingerprint density at radius 1 is 1.00 bits per heavy atom. The number of hydrogen-bond acceptors (Lipinski definition) is 2. The molecule has 2 aromatic carbocycles. The summed E-state index contributed by atoms with van der Waals surface area (Å²) in [4.78, 5) is 15.8. The second kappa shape index (κ2) is 7.76. The fourth-order valence-electron chi connectivity index (χ4n) is 4.24. The third kappa shape index (κ3) is 3.45. The highest BCUT2D eigenvalue weighted by Gasteiger charge is 2.31. The molecule has 3 nitrogen and oxygen atoms in total. The van der Waals surface area contributed by atoms with Crippen molar-refractivity contribution < 1.29 is 9.53 Å². The molecule has 0 fully saturated rings. The lowest BCUT2D eigenvalue weighted by Crippen LogP contribution is -2.42. The van der Waals surface area contributed by atoms with E-state index in [-0.39, 0.29) is 18.0 Å². The summed E-state index contributed by atoms with van der Waals surface area (Å²) in [5.41, 5.74) is 7.51. The van der Waals surface area contributed by atoms with Crippen LogP contribution >= 0.6 is 15.9 Å². The Hall–Kier alpha value is -1.65. The van der Waals surface area contributed by atoms with Gasteiger partial charge < -0.3 is 9.64 Å². The molecule has 0 unspecified atom stereocenters. The fraction of sp³-hybridized carbons (Fsp3) is 0.435. The number of ether oxygens (including phenoxy) is 1. The molecule has 144 valence electrons. The molecule has 0 aliphatic carbocycles. The number of fused-ring (bicyclic) bond motifs is 1. The largest absolute Gasteiger partial charge is 0.372 e. The molecule has 0 bridgehead atoms.